The summed E-state index contributed by atoms with van der Waals surface area (Å²) >= 11 is 0. The normalized spacial score (nSPS) is 16.1. The quantitative estimate of drug-likeness (QED) is 0.614. The van der Waals surface area contributed by atoms with E-state index in [0.717, 1.165) is 11.8 Å². The third-order valence-corrected chi connectivity index (χ3v) is 5.47. The fraction of sp³-hybridized carbons (Fsp3) is 0.318. The molecule has 1 aliphatic heterocycles. The number of rotatable bonds is 5. The highest BCUT2D eigenvalue weighted by molar-refractivity contribution is 5.53. The van der Waals surface area contributed by atoms with Crippen LogP contribution in [-0.4, -0.2) is 46.0 Å². The lowest BCUT2D eigenvalue weighted by molar-refractivity contribution is -0.137. The lowest BCUT2D eigenvalue weighted by Crippen LogP contribution is -2.47. The van der Waals surface area contributed by atoms with Gasteiger partial charge < -0.3 is 16.0 Å². The van der Waals surface area contributed by atoms with Crippen LogP contribution in [0.4, 0.5) is 36.4 Å². The molecule has 0 aliphatic carbocycles. The van der Waals surface area contributed by atoms with E-state index in [1.54, 1.807) is 6.07 Å². The molecule has 7 nitrogen and oxygen atoms in total. The predicted molar refractivity (Wildman–Crippen MR) is 118 cm³/mol. The molecule has 0 saturated carbocycles. The molecule has 2 aromatic carbocycles. The predicted octanol–water partition coefficient (Wildman–Crippen LogP) is 4.10. The highest BCUT2D eigenvalue weighted by Crippen LogP contribution is 2.32. The first-order valence-electron chi connectivity index (χ1n) is 10.3. The van der Waals surface area contributed by atoms with Crippen LogP contribution in [0.5, 0.6) is 0 Å². The van der Waals surface area contributed by atoms with E-state index in [1.165, 1.54) is 12.1 Å². The Morgan fingerprint density at radius 1 is 0.938 bits per heavy atom. The summed E-state index contributed by atoms with van der Waals surface area (Å²) in [6.45, 7) is 4.50. The Labute approximate surface area is 184 Å². The number of hydrogen-bond donors (Lipinski definition) is 2. The Hall–Kier alpha value is -3.40. The van der Waals surface area contributed by atoms with Crippen molar-refractivity contribution in [2.24, 2.45) is 0 Å². The van der Waals surface area contributed by atoms with E-state index in [0.29, 0.717) is 43.6 Å². The fourth-order valence-corrected chi connectivity index (χ4v) is 3.71. The highest BCUT2D eigenvalue weighted by Gasteiger charge is 2.31. The topological polar surface area (TPSA) is 83.2 Å². The average molecular weight is 443 g/mol. The molecule has 1 aromatic heterocycles. The minimum Gasteiger partial charge on any atom is -0.369 e. The summed E-state index contributed by atoms with van der Waals surface area (Å²) < 4.78 is 39.1. The van der Waals surface area contributed by atoms with Gasteiger partial charge in [0, 0.05) is 37.6 Å². The number of nitrogens with zero attached hydrogens (tertiary/aromatic N) is 5. The molecule has 168 valence electrons. The van der Waals surface area contributed by atoms with Crippen LogP contribution in [0.1, 0.15) is 24.4 Å². The maximum atomic E-state index is 13.0. The summed E-state index contributed by atoms with van der Waals surface area (Å²) in [5, 5.41) is 3.13. The molecule has 0 spiro atoms. The molecule has 0 amide bonds. The second-order valence-corrected chi connectivity index (χ2v) is 7.61. The van der Waals surface area contributed by atoms with Crippen LogP contribution in [0.15, 0.2) is 54.6 Å². The van der Waals surface area contributed by atoms with Crippen molar-refractivity contribution in [3.8, 4) is 0 Å². The van der Waals surface area contributed by atoms with Crippen LogP contribution in [0.2, 0.25) is 0 Å². The van der Waals surface area contributed by atoms with Gasteiger partial charge in [0.15, 0.2) is 5.82 Å². The van der Waals surface area contributed by atoms with E-state index in [1.807, 2.05) is 42.2 Å². The van der Waals surface area contributed by atoms with Crippen LogP contribution in [0, 0.1) is 0 Å². The summed E-state index contributed by atoms with van der Waals surface area (Å²) in [7, 11) is 0. The third-order valence-electron chi connectivity index (χ3n) is 5.47. The maximum absolute atomic E-state index is 13.0. The summed E-state index contributed by atoms with van der Waals surface area (Å²) in [5.74, 6) is 1.04. The molecule has 32 heavy (non-hydrogen) atoms. The van der Waals surface area contributed by atoms with Crippen LogP contribution in [-0.2, 0) is 6.18 Å². The van der Waals surface area contributed by atoms with Gasteiger partial charge in [-0.15, -0.1) is 0 Å². The minimum atomic E-state index is -4.35. The zero-order valence-electron chi connectivity index (χ0n) is 17.5. The number of halogens is 3. The largest absolute Gasteiger partial charge is 0.416 e. The van der Waals surface area contributed by atoms with Crippen molar-refractivity contribution in [3.63, 3.8) is 0 Å². The summed E-state index contributed by atoms with van der Waals surface area (Å²) in [5.41, 5.74) is 6.69. The molecule has 1 fully saturated rings. The van der Waals surface area contributed by atoms with Crippen LogP contribution in [0.25, 0.3) is 0 Å². The van der Waals surface area contributed by atoms with E-state index in [9.17, 15) is 13.2 Å². The van der Waals surface area contributed by atoms with Crippen molar-refractivity contribution < 1.29 is 13.2 Å². The van der Waals surface area contributed by atoms with Gasteiger partial charge in [-0.05, 0) is 37.3 Å². The molecule has 3 aromatic rings. The number of alkyl halides is 3. The fourth-order valence-electron chi connectivity index (χ4n) is 3.71. The van der Waals surface area contributed by atoms with E-state index >= 15 is 0 Å². The van der Waals surface area contributed by atoms with Gasteiger partial charge in [-0.3, -0.25) is 4.90 Å². The molecule has 1 aliphatic rings. The highest BCUT2D eigenvalue weighted by atomic mass is 19.4. The van der Waals surface area contributed by atoms with Crippen LogP contribution in [0.3, 0.4) is 0 Å². The van der Waals surface area contributed by atoms with Gasteiger partial charge in [0.1, 0.15) is 0 Å². The van der Waals surface area contributed by atoms with E-state index < -0.39 is 11.7 Å². The summed E-state index contributed by atoms with van der Waals surface area (Å²) in [6.07, 6.45) is -4.35. The standard InChI is InChI=1S/C22H24F3N7/c1-15(19-28-20(26)30-21(29-19)27-17-7-3-2-4-8-17)31-10-12-32(13-11-31)18-9-5-6-16(14-18)22(23,24)25/h2-9,14-15H,10-13H2,1H3,(H3,26,27,28,29,30)/t15-/m1/s1. The first-order chi connectivity index (χ1) is 15.3. The zero-order chi connectivity index (χ0) is 22.7. The Morgan fingerprint density at radius 2 is 1.66 bits per heavy atom. The Balaban J connectivity index is 1.43. The van der Waals surface area contributed by atoms with Gasteiger partial charge in [0.25, 0.3) is 0 Å². The van der Waals surface area contributed by atoms with Crippen LogP contribution >= 0.6 is 0 Å². The monoisotopic (exact) mass is 443 g/mol. The number of benzene rings is 2. The number of nitrogens with two attached hydrogens (primary N) is 1. The zero-order valence-corrected chi connectivity index (χ0v) is 17.5. The Morgan fingerprint density at radius 3 is 2.34 bits per heavy atom. The van der Waals surface area contributed by atoms with Gasteiger partial charge in [0.05, 0.1) is 11.6 Å². The SMILES string of the molecule is C[C@H](c1nc(N)nc(Nc2ccccc2)n1)N1CCN(c2cccc(C(F)(F)F)c2)CC1. The van der Waals surface area contributed by atoms with Crippen molar-refractivity contribution in [2.45, 2.75) is 19.1 Å². The number of hydrogen-bond acceptors (Lipinski definition) is 7. The van der Waals surface area contributed by atoms with Gasteiger partial charge in [0.2, 0.25) is 11.9 Å². The maximum Gasteiger partial charge on any atom is 0.416 e. The number of aromatic nitrogens is 3. The summed E-state index contributed by atoms with van der Waals surface area (Å²) in [4.78, 5) is 17.1. The van der Waals surface area contributed by atoms with Gasteiger partial charge in [-0.2, -0.15) is 28.1 Å². The average Bonchev–Trinajstić information content (AvgIpc) is 2.78. The summed E-state index contributed by atoms with van der Waals surface area (Å²) in [6, 6.07) is 14.8. The first kappa shape index (κ1) is 21.8. The lowest BCUT2D eigenvalue weighted by atomic mass is 10.1. The number of para-hydroxylation sites is 1. The van der Waals surface area contributed by atoms with E-state index in [-0.39, 0.29) is 12.0 Å². The molecule has 4 rings (SSSR count). The van der Waals surface area contributed by atoms with Crippen molar-refractivity contribution in [1.29, 1.82) is 0 Å². The molecule has 3 N–H and O–H groups in total. The number of piperazine rings is 1. The molecule has 0 unspecified atom stereocenters. The van der Waals surface area contributed by atoms with Crippen molar-refractivity contribution in [3.05, 3.63) is 66.0 Å². The minimum absolute atomic E-state index is 0.125. The second-order valence-electron chi connectivity index (χ2n) is 7.61. The number of anilines is 4. The van der Waals surface area contributed by atoms with Crippen molar-refractivity contribution >= 4 is 23.3 Å². The molecular formula is C22H24F3N7. The molecule has 10 heteroatoms. The Bertz CT molecular complexity index is 1050. The molecule has 1 atom stereocenters. The van der Waals surface area contributed by atoms with Crippen molar-refractivity contribution in [1.82, 2.24) is 19.9 Å². The smallest absolute Gasteiger partial charge is 0.369 e. The Kier molecular flexibility index (Phi) is 6.13. The third kappa shape index (κ3) is 5.08. The van der Waals surface area contributed by atoms with Gasteiger partial charge in [-0.25, -0.2) is 0 Å². The first-order valence-corrected chi connectivity index (χ1v) is 10.3. The molecule has 0 radical (unpaired) electrons. The van der Waals surface area contributed by atoms with E-state index in [4.69, 9.17) is 5.73 Å². The van der Waals surface area contributed by atoms with Crippen LogP contribution < -0.4 is 16.0 Å². The number of nitrogen functional groups attached to an aromatic ring is 1. The van der Waals surface area contributed by atoms with Gasteiger partial charge in [-0.1, -0.05) is 24.3 Å². The van der Waals surface area contributed by atoms with Gasteiger partial charge >= 0.3 is 6.18 Å². The number of nitrogens with one attached hydrogen (secondary N) is 1. The van der Waals surface area contributed by atoms with E-state index in [2.05, 4.69) is 25.2 Å². The second kappa shape index (κ2) is 8.99. The lowest BCUT2D eigenvalue weighted by Gasteiger charge is -2.38. The molecule has 1 saturated heterocycles. The molecule has 2 heterocycles. The molecule has 0 bridgehead atoms. The molecular weight excluding hydrogens is 419 g/mol. The van der Waals surface area contributed by atoms with Crippen molar-refractivity contribution in [2.75, 3.05) is 42.1 Å².